The highest BCUT2D eigenvalue weighted by atomic mass is 79.9. The molecule has 0 unspecified atom stereocenters. The van der Waals surface area contributed by atoms with Crippen molar-refractivity contribution in [2.75, 3.05) is 39.3 Å². The Kier molecular flexibility index (Phi) is 13.2. The van der Waals surface area contributed by atoms with Crippen LogP contribution in [0.2, 0.25) is 0 Å². The average molecular weight is 685 g/mol. The molecule has 0 bridgehead atoms. The van der Waals surface area contributed by atoms with Crippen molar-refractivity contribution in [3.05, 3.63) is 79.9 Å². The zero-order valence-corrected chi connectivity index (χ0v) is 27.0. The van der Waals surface area contributed by atoms with Gasteiger partial charge in [0.1, 0.15) is 13.1 Å². The number of likely N-dealkylation sites (tertiary alicyclic amines) is 2. The molecule has 2 aliphatic heterocycles. The molecule has 222 valence electrons. The number of quaternary nitrogens is 2. The first-order valence-corrected chi connectivity index (χ1v) is 14.4. The Labute approximate surface area is 259 Å². The van der Waals surface area contributed by atoms with E-state index in [-0.39, 0.29) is 55.2 Å². The first kappa shape index (κ1) is 34.3. The third kappa shape index (κ3) is 8.81. The molecule has 0 aliphatic carbocycles. The predicted octanol–water partition coefficient (Wildman–Crippen LogP) is 0.485. The van der Waals surface area contributed by atoms with Crippen molar-refractivity contribution in [2.24, 2.45) is 11.8 Å². The molecule has 40 heavy (non-hydrogen) atoms. The van der Waals surface area contributed by atoms with E-state index >= 15 is 0 Å². The molecule has 2 fully saturated rings. The molecule has 0 spiro atoms. The summed E-state index contributed by atoms with van der Waals surface area (Å²) >= 11 is 0. The number of hydrogen-bond acceptors (Lipinski definition) is 4. The number of non-ortho nitro benzene ring substituents is 2. The average Bonchev–Trinajstić information content (AvgIpc) is 2.94. The fraction of sp³-hybridized carbons (Fsp3) is 0.600. The highest BCUT2D eigenvalue weighted by molar-refractivity contribution is 5.33. The highest BCUT2D eigenvalue weighted by Gasteiger charge is 2.35. The Morgan fingerprint density at radius 3 is 1.18 bits per heavy atom. The molecule has 2 heterocycles. The van der Waals surface area contributed by atoms with Gasteiger partial charge in [0.2, 0.25) is 0 Å². The molecule has 8 nitrogen and oxygen atoms in total. The van der Waals surface area contributed by atoms with Crippen molar-refractivity contribution < 1.29 is 52.8 Å². The van der Waals surface area contributed by atoms with Crippen molar-refractivity contribution in [3.63, 3.8) is 0 Å². The minimum atomic E-state index is -0.327. The van der Waals surface area contributed by atoms with Gasteiger partial charge in [0.05, 0.1) is 49.1 Å². The van der Waals surface area contributed by atoms with Crippen LogP contribution in [0.25, 0.3) is 0 Å². The molecule has 0 radical (unpaired) electrons. The minimum absolute atomic E-state index is 0. The molecule has 0 aromatic heterocycles. The fourth-order valence-electron chi connectivity index (χ4n) is 6.78. The number of piperidine rings is 2. The van der Waals surface area contributed by atoms with E-state index in [0.717, 1.165) is 47.0 Å². The van der Waals surface area contributed by atoms with Crippen LogP contribution in [-0.4, -0.2) is 58.1 Å². The van der Waals surface area contributed by atoms with Gasteiger partial charge < -0.3 is 42.9 Å². The highest BCUT2D eigenvalue weighted by Crippen LogP contribution is 2.34. The Balaban J connectivity index is 0.00000280. The Bertz CT molecular complexity index is 994. The molecule has 0 N–H and O–H groups in total. The van der Waals surface area contributed by atoms with Gasteiger partial charge >= 0.3 is 0 Å². The zero-order chi connectivity index (χ0) is 27.2. The summed E-state index contributed by atoms with van der Waals surface area (Å²) in [5.74, 6) is 1.63. The molecule has 0 amide bonds. The van der Waals surface area contributed by atoms with E-state index in [9.17, 15) is 20.2 Å². The lowest BCUT2D eigenvalue weighted by Crippen LogP contribution is -3.00. The topological polar surface area (TPSA) is 86.3 Å². The number of halogens is 2. The summed E-state index contributed by atoms with van der Waals surface area (Å²) < 4.78 is 2.19. The van der Waals surface area contributed by atoms with Crippen LogP contribution in [-0.2, 0) is 13.1 Å². The van der Waals surface area contributed by atoms with Crippen molar-refractivity contribution in [1.82, 2.24) is 0 Å². The maximum absolute atomic E-state index is 11.0. The maximum atomic E-state index is 11.0. The van der Waals surface area contributed by atoms with Crippen molar-refractivity contribution in [1.29, 1.82) is 0 Å². The van der Waals surface area contributed by atoms with Crippen molar-refractivity contribution in [3.8, 4) is 0 Å². The number of nitro groups is 2. The molecule has 2 aromatic rings. The van der Waals surface area contributed by atoms with Gasteiger partial charge in [0.15, 0.2) is 0 Å². The minimum Gasteiger partial charge on any atom is -1.00 e. The molecule has 2 saturated heterocycles. The van der Waals surface area contributed by atoms with Gasteiger partial charge in [0.25, 0.3) is 11.4 Å². The lowest BCUT2D eigenvalue weighted by Gasteiger charge is -2.44. The van der Waals surface area contributed by atoms with Gasteiger partial charge in [-0.05, 0) is 88.5 Å². The third-order valence-corrected chi connectivity index (χ3v) is 9.70. The number of hydrogen-bond donors (Lipinski definition) is 0. The number of rotatable bonds is 11. The molecule has 4 rings (SSSR count). The second-order valence-corrected chi connectivity index (χ2v) is 11.8. The summed E-state index contributed by atoms with van der Waals surface area (Å²) in [6, 6.07) is 14.3. The fourth-order valence-corrected chi connectivity index (χ4v) is 6.78. The van der Waals surface area contributed by atoms with Crippen molar-refractivity contribution >= 4 is 11.4 Å². The van der Waals surface area contributed by atoms with E-state index in [4.69, 9.17) is 0 Å². The molecular weight excluding hydrogens is 640 g/mol. The molecule has 10 heteroatoms. The van der Waals surface area contributed by atoms with E-state index in [0.29, 0.717) is 0 Å². The van der Waals surface area contributed by atoms with E-state index in [1.165, 1.54) is 75.8 Å². The summed E-state index contributed by atoms with van der Waals surface area (Å²) in [6.45, 7) is 13.5. The van der Waals surface area contributed by atoms with Crippen LogP contribution < -0.4 is 34.0 Å². The molecular formula is C30H44Br2N4O4. The lowest BCUT2D eigenvalue weighted by atomic mass is 9.83. The van der Waals surface area contributed by atoms with E-state index in [1.807, 2.05) is 24.3 Å². The van der Waals surface area contributed by atoms with Crippen LogP contribution in [0.1, 0.15) is 63.5 Å². The van der Waals surface area contributed by atoms with Crippen LogP contribution in [0, 0.1) is 32.1 Å². The van der Waals surface area contributed by atoms with Gasteiger partial charge in [-0.2, -0.15) is 0 Å². The van der Waals surface area contributed by atoms with Crippen LogP contribution in [0.3, 0.4) is 0 Å². The molecule has 2 aromatic carbocycles. The second-order valence-electron chi connectivity index (χ2n) is 11.8. The smallest absolute Gasteiger partial charge is 0.269 e. The molecule has 0 saturated carbocycles. The number of nitrogens with zero attached hydrogens (tertiary/aromatic N) is 4. The lowest BCUT2D eigenvalue weighted by molar-refractivity contribution is -0.945. The van der Waals surface area contributed by atoms with Crippen LogP contribution >= 0.6 is 0 Å². The standard InChI is InChI=1S/C30H44N4O4.2BrH/c1-3-33(23-27-7-11-29(12-8-27)31(35)36)19-15-25(16-20-33)5-6-26-17-21-34(4-2,22-18-26)24-28-9-13-30(14-10-28)32(37)38;;/h7-14,25-26H,3-6,15-24H2,1-2H3;2*1H/q+2;;/p-2. The summed E-state index contributed by atoms with van der Waals surface area (Å²) in [4.78, 5) is 21.3. The predicted molar refractivity (Wildman–Crippen MR) is 149 cm³/mol. The summed E-state index contributed by atoms with van der Waals surface area (Å²) in [7, 11) is 0. The largest absolute Gasteiger partial charge is 1.00 e. The monoisotopic (exact) mass is 682 g/mol. The van der Waals surface area contributed by atoms with E-state index in [1.54, 1.807) is 24.3 Å². The number of nitro benzene ring substituents is 2. The van der Waals surface area contributed by atoms with Crippen LogP contribution in [0.5, 0.6) is 0 Å². The maximum Gasteiger partial charge on any atom is 0.269 e. The number of benzene rings is 2. The first-order chi connectivity index (χ1) is 18.3. The second kappa shape index (κ2) is 15.4. The normalized spacial score (nSPS) is 26.2. The van der Waals surface area contributed by atoms with Gasteiger partial charge in [-0.25, -0.2) is 0 Å². The van der Waals surface area contributed by atoms with Gasteiger partial charge in [-0.3, -0.25) is 20.2 Å². The van der Waals surface area contributed by atoms with Crippen LogP contribution in [0.4, 0.5) is 11.4 Å². The van der Waals surface area contributed by atoms with Gasteiger partial charge in [-0.1, -0.05) is 0 Å². The molecule has 2 aliphatic rings. The Morgan fingerprint density at radius 1 is 0.625 bits per heavy atom. The first-order valence-electron chi connectivity index (χ1n) is 14.4. The summed E-state index contributed by atoms with van der Waals surface area (Å²) in [5, 5.41) is 21.9. The molecule has 0 atom stereocenters. The van der Waals surface area contributed by atoms with Crippen molar-refractivity contribution in [2.45, 2.75) is 65.5 Å². The summed E-state index contributed by atoms with van der Waals surface area (Å²) in [6.07, 6.45) is 7.79. The van der Waals surface area contributed by atoms with E-state index < -0.39 is 0 Å². The van der Waals surface area contributed by atoms with Crippen LogP contribution in [0.15, 0.2) is 48.5 Å². The van der Waals surface area contributed by atoms with E-state index in [2.05, 4.69) is 13.8 Å². The van der Waals surface area contributed by atoms with Gasteiger partial charge in [0, 0.05) is 35.4 Å². The SMILES string of the molecule is CC[N+]1(Cc2ccc([N+](=O)[O-])cc2)CCC(CCC2CC[N+](CC)(Cc3ccc([N+](=O)[O-])cc3)CC2)CC1.[Br-].[Br-]. The zero-order valence-electron chi connectivity index (χ0n) is 23.9. The summed E-state index contributed by atoms with van der Waals surface area (Å²) in [5.41, 5.74) is 2.73. The third-order valence-electron chi connectivity index (χ3n) is 9.70. The Morgan fingerprint density at radius 2 is 0.925 bits per heavy atom. The quantitative estimate of drug-likeness (QED) is 0.196. The Hall–Kier alpha value is -1.88. The van der Waals surface area contributed by atoms with Gasteiger partial charge in [-0.15, -0.1) is 0 Å².